The van der Waals surface area contributed by atoms with Gasteiger partial charge in [-0.1, -0.05) is 6.58 Å². The molecule has 0 saturated heterocycles. The summed E-state index contributed by atoms with van der Waals surface area (Å²) in [5.74, 6) is 0.0797. The third-order valence-electron chi connectivity index (χ3n) is 2.43. The summed E-state index contributed by atoms with van der Waals surface area (Å²) in [6, 6.07) is 0. The third-order valence-corrected chi connectivity index (χ3v) is 2.43. The lowest BCUT2D eigenvalue weighted by Gasteiger charge is -2.22. The van der Waals surface area contributed by atoms with Gasteiger partial charge in [0.15, 0.2) is 5.76 Å². The van der Waals surface area contributed by atoms with Gasteiger partial charge in [-0.15, -0.1) is 0 Å². The van der Waals surface area contributed by atoms with Crippen LogP contribution in [0.1, 0.15) is 6.92 Å². The number of ketones is 1. The Balaban J connectivity index is 3.31. The smallest absolute Gasteiger partial charge is 0.230 e. The molecular formula is C11H14O4. The normalized spacial score (nSPS) is 17.3. The number of carbonyl (C=O) groups is 1. The number of Topliss-reactive ketones (excluding diaryl/α,β-unsaturated/α-hetero) is 1. The van der Waals surface area contributed by atoms with Crippen molar-refractivity contribution in [2.75, 3.05) is 20.8 Å². The van der Waals surface area contributed by atoms with Crippen molar-refractivity contribution in [1.29, 1.82) is 0 Å². The minimum absolute atomic E-state index is 0.0946. The van der Waals surface area contributed by atoms with Gasteiger partial charge in [0.2, 0.25) is 11.5 Å². The van der Waals surface area contributed by atoms with E-state index in [0.29, 0.717) is 22.5 Å². The monoisotopic (exact) mass is 210 g/mol. The van der Waals surface area contributed by atoms with Gasteiger partial charge in [-0.3, -0.25) is 4.79 Å². The maximum atomic E-state index is 11.8. The maximum Gasteiger partial charge on any atom is 0.230 e. The molecule has 0 aliphatic heterocycles. The number of ether oxygens (including phenoxy) is 2. The van der Waals surface area contributed by atoms with Crippen LogP contribution in [0.15, 0.2) is 34.8 Å². The first-order valence-corrected chi connectivity index (χ1v) is 4.45. The van der Waals surface area contributed by atoms with Crippen molar-refractivity contribution in [3.63, 3.8) is 0 Å². The van der Waals surface area contributed by atoms with Gasteiger partial charge in [-0.2, -0.15) is 0 Å². The average Bonchev–Trinajstić information content (AvgIpc) is 2.23. The SMILES string of the molecule is C=C1C(C)=C(CO)C(=O)C(OC)=C1OC. The molecule has 0 atom stereocenters. The van der Waals surface area contributed by atoms with E-state index in [1.807, 2.05) is 0 Å². The quantitative estimate of drug-likeness (QED) is 0.753. The average molecular weight is 210 g/mol. The third kappa shape index (κ3) is 1.68. The summed E-state index contributed by atoms with van der Waals surface area (Å²) in [6.07, 6.45) is 0. The summed E-state index contributed by atoms with van der Waals surface area (Å²) in [5, 5.41) is 9.08. The lowest BCUT2D eigenvalue weighted by molar-refractivity contribution is -0.116. The summed E-state index contributed by atoms with van der Waals surface area (Å²) < 4.78 is 10.0. The van der Waals surface area contributed by atoms with E-state index < -0.39 is 0 Å². The van der Waals surface area contributed by atoms with E-state index in [1.54, 1.807) is 6.92 Å². The number of methoxy groups -OCH3 is 2. The highest BCUT2D eigenvalue weighted by Crippen LogP contribution is 2.31. The van der Waals surface area contributed by atoms with Crippen LogP contribution in [0.2, 0.25) is 0 Å². The summed E-state index contributed by atoms with van der Waals surface area (Å²) >= 11 is 0. The second-order valence-corrected chi connectivity index (χ2v) is 3.14. The second kappa shape index (κ2) is 4.31. The van der Waals surface area contributed by atoms with Crippen LogP contribution in [0.4, 0.5) is 0 Å². The molecule has 0 amide bonds. The zero-order chi connectivity index (χ0) is 11.6. The molecule has 0 aromatic heterocycles. The standard InChI is InChI=1S/C11H14O4/c1-6-7(2)10(14-3)11(15-4)9(13)8(6)5-12/h12H,2,5H2,1,3-4H3. The van der Waals surface area contributed by atoms with Gasteiger partial charge in [0.05, 0.1) is 20.8 Å². The van der Waals surface area contributed by atoms with E-state index in [0.717, 1.165) is 0 Å². The molecule has 1 aliphatic carbocycles. The summed E-state index contributed by atoms with van der Waals surface area (Å²) in [6.45, 7) is 5.19. The number of hydrogen-bond acceptors (Lipinski definition) is 4. The molecule has 0 bridgehead atoms. The molecule has 1 aliphatic rings. The van der Waals surface area contributed by atoms with Gasteiger partial charge in [0.1, 0.15) is 0 Å². The first-order chi connectivity index (χ1) is 7.08. The minimum Gasteiger partial charge on any atom is -0.492 e. The molecule has 1 rings (SSSR count). The fourth-order valence-corrected chi connectivity index (χ4v) is 1.49. The predicted octanol–water partition coefficient (Wildman–Crippen LogP) is 0.938. The molecule has 4 heteroatoms. The van der Waals surface area contributed by atoms with Gasteiger partial charge in [-0.05, 0) is 12.5 Å². The molecule has 82 valence electrons. The van der Waals surface area contributed by atoms with Gasteiger partial charge in [0, 0.05) is 11.1 Å². The van der Waals surface area contributed by atoms with Crippen molar-refractivity contribution in [2.45, 2.75) is 6.92 Å². The highest BCUT2D eigenvalue weighted by molar-refractivity contribution is 6.10. The van der Waals surface area contributed by atoms with E-state index >= 15 is 0 Å². The van der Waals surface area contributed by atoms with Gasteiger partial charge in [0.25, 0.3) is 0 Å². The van der Waals surface area contributed by atoms with E-state index in [2.05, 4.69) is 6.58 Å². The number of allylic oxidation sites excluding steroid dienone is 2. The highest BCUT2D eigenvalue weighted by Gasteiger charge is 2.30. The van der Waals surface area contributed by atoms with E-state index in [9.17, 15) is 4.79 Å². The van der Waals surface area contributed by atoms with Crippen LogP contribution in [0.25, 0.3) is 0 Å². The van der Waals surface area contributed by atoms with Crippen LogP contribution in [0, 0.1) is 0 Å². The van der Waals surface area contributed by atoms with Crippen LogP contribution in [-0.4, -0.2) is 31.7 Å². The number of aliphatic hydroxyl groups excluding tert-OH is 1. The Morgan fingerprint density at radius 1 is 1.27 bits per heavy atom. The van der Waals surface area contributed by atoms with Crippen LogP contribution in [0.3, 0.4) is 0 Å². The molecule has 1 N–H and O–H groups in total. The lowest BCUT2D eigenvalue weighted by atomic mass is 9.91. The Bertz CT molecular complexity index is 374. The molecule has 4 nitrogen and oxygen atoms in total. The Kier molecular flexibility index (Phi) is 3.31. The van der Waals surface area contributed by atoms with Crippen molar-refractivity contribution in [3.8, 4) is 0 Å². The largest absolute Gasteiger partial charge is 0.492 e. The van der Waals surface area contributed by atoms with Crippen LogP contribution in [-0.2, 0) is 14.3 Å². The van der Waals surface area contributed by atoms with Crippen LogP contribution in [0.5, 0.6) is 0 Å². The van der Waals surface area contributed by atoms with E-state index in [1.165, 1.54) is 14.2 Å². The zero-order valence-corrected chi connectivity index (χ0v) is 9.09. The Hall–Kier alpha value is -1.55. The summed E-state index contributed by atoms with van der Waals surface area (Å²) in [4.78, 5) is 11.8. The molecule has 0 aromatic carbocycles. The van der Waals surface area contributed by atoms with Crippen molar-refractivity contribution >= 4 is 5.78 Å². The minimum atomic E-state index is -0.346. The van der Waals surface area contributed by atoms with Gasteiger partial charge in [-0.25, -0.2) is 0 Å². The van der Waals surface area contributed by atoms with Crippen molar-refractivity contribution < 1.29 is 19.4 Å². The maximum absolute atomic E-state index is 11.8. The first-order valence-electron chi connectivity index (χ1n) is 4.45. The Morgan fingerprint density at radius 2 is 1.80 bits per heavy atom. The topological polar surface area (TPSA) is 55.8 Å². The van der Waals surface area contributed by atoms with Crippen LogP contribution < -0.4 is 0 Å². The fraction of sp³-hybridized carbons (Fsp3) is 0.364. The molecule has 0 saturated carbocycles. The van der Waals surface area contributed by atoms with Crippen LogP contribution >= 0.6 is 0 Å². The number of rotatable bonds is 3. The van der Waals surface area contributed by atoms with E-state index in [4.69, 9.17) is 14.6 Å². The summed E-state index contributed by atoms with van der Waals surface area (Å²) in [5.41, 5.74) is 1.51. The first kappa shape index (κ1) is 11.5. The number of hydrogen-bond donors (Lipinski definition) is 1. The van der Waals surface area contributed by atoms with Crippen molar-refractivity contribution in [1.82, 2.24) is 0 Å². The fourth-order valence-electron chi connectivity index (χ4n) is 1.49. The van der Waals surface area contributed by atoms with Gasteiger partial charge < -0.3 is 14.6 Å². The molecular weight excluding hydrogens is 196 g/mol. The zero-order valence-electron chi connectivity index (χ0n) is 9.09. The number of aliphatic hydroxyl groups is 1. The Morgan fingerprint density at radius 3 is 2.20 bits per heavy atom. The molecule has 0 aromatic rings. The molecule has 0 heterocycles. The van der Waals surface area contributed by atoms with Crippen molar-refractivity contribution in [3.05, 3.63) is 34.8 Å². The summed E-state index contributed by atoms with van der Waals surface area (Å²) in [7, 11) is 2.83. The molecule has 0 unspecified atom stereocenters. The molecule has 15 heavy (non-hydrogen) atoms. The lowest BCUT2D eigenvalue weighted by Crippen LogP contribution is -2.21. The predicted molar refractivity (Wildman–Crippen MR) is 55.0 cm³/mol. The Labute approximate surface area is 88.5 Å². The second-order valence-electron chi connectivity index (χ2n) is 3.14. The highest BCUT2D eigenvalue weighted by atomic mass is 16.5. The van der Waals surface area contributed by atoms with E-state index in [-0.39, 0.29) is 18.1 Å². The molecule has 0 radical (unpaired) electrons. The number of carbonyl (C=O) groups excluding carboxylic acids is 1. The van der Waals surface area contributed by atoms with Crippen molar-refractivity contribution in [2.24, 2.45) is 0 Å². The molecule has 0 fully saturated rings. The molecule has 0 spiro atoms. The van der Waals surface area contributed by atoms with Gasteiger partial charge >= 0.3 is 0 Å².